The van der Waals surface area contributed by atoms with Crippen molar-refractivity contribution in [2.75, 3.05) is 31.2 Å². The number of nitrogens with zero attached hydrogens (tertiary/aromatic N) is 2. The van der Waals surface area contributed by atoms with Crippen LogP contribution in [0, 0.1) is 11.8 Å². The zero-order chi connectivity index (χ0) is 26.7. The van der Waals surface area contributed by atoms with Crippen molar-refractivity contribution >= 4 is 62.8 Å². The van der Waals surface area contributed by atoms with Crippen LogP contribution in [0.3, 0.4) is 0 Å². The molecule has 3 aliphatic rings. The Kier molecular flexibility index (Phi) is 9.09. The van der Waals surface area contributed by atoms with Gasteiger partial charge in [0.25, 0.3) is 5.91 Å². The maximum atomic E-state index is 14.4. The Morgan fingerprint density at radius 2 is 2.05 bits per heavy atom. The van der Waals surface area contributed by atoms with Gasteiger partial charge in [-0.05, 0) is 37.8 Å². The third-order valence-corrected chi connectivity index (χ3v) is 10.9. The molecular weight excluding hydrogens is 580 g/mol. The van der Waals surface area contributed by atoms with E-state index in [1.807, 2.05) is 6.07 Å². The third-order valence-electron chi connectivity index (χ3n) is 7.39. The third kappa shape index (κ3) is 5.00. The molecule has 7 nitrogen and oxygen atoms in total. The van der Waals surface area contributed by atoms with Crippen LogP contribution in [0.2, 0.25) is 5.02 Å². The van der Waals surface area contributed by atoms with Crippen molar-refractivity contribution in [3.63, 3.8) is 0 Å². The summed E-state index contributed by atoms with van der Waals surface area (Å²) in [5, 5.41) is 9.60. The summed E-state index contributed by atoms with van der Waals surface area (Å²) < 4.78 is 4.76. The van der Waals surface area contributed by atoms with Gasteiger partial charge >= 0.3 is 5.97 Å². The maximum Gasteiger partial charge on any atom is 0.310 e. The van der Waals surface area contributed by atoms with Crippen LogP contribution in [0.1, 0.15) is 25.7 Å². The lowest BCUT2D eigenvalue weighted by molar-refractivity contribution is -0.154. The molecule has 3 unspecified atom stereocenters. The SMILES string of the molecule is C=CCCOC(=O)[C@H]1[C@H]2C(=O)N(CCCCO)C(C(=O)N(CC=C)c3ccccc3Cl)C23CC(Br)[C@@H]1S3. The highest BCUT2D eigenvalue weighted by atomic mass is 79.9. The smallest absolute Gasteiger partial charge is 0.310 e. The zero-order valence-electron chi connectivity index (χ0n) is 20.6. The van der Waals surface area contributed by atoms with Crippen molar-refractivity contribution in [1.29, 1.82) is 0 Å². The molecule has 1 aromatic rings. The number of fused-ring (bicyclic) bond motifs is 1. The predicted molar refractivity (Wildman–Crippen MR) is 150 cm³/mol. The highest BCUT2D eigenvalue weighted by Crippen LogP contribution is 2.68. The fraction of sp³-hybridized carbons (Fsp3) is 0.519. The van der Waals surface area contributed by atoms with Gasteiger partial charge in [-0.25, -0.2) is 0 Å². The molecule has 3 heterocycles. The van der Waals surface area contributed by atoms with Crippen LogP contribution in [-0.4, -0.2) is 75.0 Å². The Bertz CT molecular complexity index is 1070. The topological polar surface area (TPSA) is 87.1 Å². The van der Waals surface area contributed by atoms with E-state index >= 15 is 0 Å². The second kappa shape index (κ2) is 11.9. The summed E-state index contributed by atoms with van der Waals surface area (Å²) in [7, 11) is 0. The number of benzene rings is 1. The van der Waals surface area contributed by atoms with Crippen LogP contribution in [-0.2, 0) is 19.1 Å². The minimum atomic E-state index is -0.791. The van der Waals surface area contributed by atoms with E-state index in [1.165, 1.54) is 0 Å². The quantitative estimate of drug-likeness (QED) is 0.165. The van der Waals surface area contributed by atoms with Gasteiger partial charge in [0.15, 0.2) is 0 Å². The minimum Gasteiger partial charge on any atom is -0.465 e. The lowest BCUT2D eigenvalue weighted by Gasteiger charge is -2.38. The fourth-order valence-electron chi connectivity index (χ4n) is 5.91. The molecule has 10 heteroatoms. The molecule has 3 fully saturated rings. The summed E-state index contributed by atoms with van der Waals surface area (Å²) in [4.78, 5) is 44.9. The number of amides is 2. The molecule has 0 radical (unpaired) electrons. The molecule has 3 aliphatic heterocycles. The van der Waals surface area contributed by atoms with E-state index in [1.54, 1.807) is 51.9 Å². The Morgan fingerprint density at radius 3 is 2.73 bits per heavy atom. The van der Waals surface area contributed by atoms with Gasteiger partial charge < -0.3 is 19.6 Å². The number of alkyl halides is 1. The summed E-state index contributed by atoms with van der Waals surface area (Å²) in [6.45, 7) is 8.23. The molecule has 0 aromatic heterocycles. The van der Waals surface area contributed by atoms with E-state index in [0.29, 0.717) is 42.9 Å². The number of carbonyl (C=O) groups is 3. The van der Waals surface area contributed by atoms with Gasteiger partial charge in [-0.2, -0.15) is 0 Å². The lowest BCUT2D eigenvalue weighted by atomic mass is 9.71. The zero-order valence-corrected chi connectivity index (χ0v) is 23.7. The van der Waals surface area contributed by atoms with Crippen molar-refractivity contribution < 1.29 is 24.2 Å². The number of unbranched alkanes of at least 4 members (excludes halogenated alkanes) is 1. The highest BCUT2D eigenvalue weighted by Gasteiger charge is 2.76. The number of anilines is 1. The molecule has 6 atom stereocenters. The standard InChI is InChI=1S/C27H32BrClN2O5S/c1-3-5-15-36-26(35)20-21-24(33)31(13-8-9-14-32)23(27(21)16-17(28)22(20)37-27)25(34)30(12-4-2)19-11-7-6-10-18(19)29/h3-4,6-7,10-11,17,20-23,32H,1-2,5,8-9,12-16H2/t17?,20-,21-,22-,23?,27?/m0/s1. The summed E-state index contributed by atoms with van der Waals surface area (Å²) in [5.74, 6) is -2.16. The Hall–Kier alpha value is -1.81. The molecule has 1 spiro atoms. The molecule has 2 amide bonds. The number of carbonyl (C=O) groups excluding carboxylic acids is 3. The molecule has 3 saturated heterocycles. The lowest BCUT2D eigenvalue weighted by Crippen LogP contribution is -2.55. The first-order valence-electron chi connectivity index (χ1n) is 12.5. The van der Waals surface area contributed by atoms with Crippen LogP contribution >= 0.6 is 39.3 Å². The molecule has 37 heavy (non-hydrogen) atoms. The number of esters is 1. The van der Waals surface area contributed by atoms with Crippen molar-refractivity contribution in [3.8, 4) is 0 Å². The molecule has 1 aromatic carbocycles. The number of likely N-dealkylation sites (tertiary alicyclic amines) is 1. The molecule has 0 aliphatic carbocycles. The molecule has 0 saturated carbocycles. The molecule has 1 N–H and O–H groups in total. The number of rotatable bonds is 12. The van der Waals surface area contributed by atoms with Gasteiger partial charge in [0.1, 0.15) is 6.04 Å². The van der Waals surface area contributed by atoms with Crippen molar-refractivity contribution in [2.45, 2.75) is 46.5 Å². The monoisotopic (exact) mass is 610 g/mol. The summed E-state index contributed by atoms with van der Waals surface area (Å²) >= 11 is 11.8. The average molecular weight is 612 g/mol. The minimum absolute atomic E-state index is 0.00399. The number of aliphatic hydroxyl groups excluding tert-OH is 1. The van der Waals surface area contributed by atoms with Gasteiger partial charge in [-0.3, -0.25) is 14.4 Å². The second-order valence-electron chi connectivity index (χ2n) is 9.56. The molecule has 2 bridgehead atoms. The highest BCUT2D eigenvalue weighted by molar-refractivity contribution is 9.09. The van der Waals surface area contributed by atoms with Gasteiger partial charge in [0, 0.05) is 29.8 Å². The normalized spacial score (nSPS) is 29.8. The number of hydrogen-bond acceptors (Lipinski definition) is 6. The van der Waals surface area contributed by atoms with E-state index in [4.69, 9.17) is 16.3 Å². The number of ether oxygens (including phenoxy) is 1. The number of thioether (sulfide) groups is 1. The van der Waals surface area contributed by atoms with E-state index in [2.05, 4.69) is 29.1 Å². The number of aliphatic hydroxyl groups is 1. The first kappa shape index (κ1) is 28.2. The summed E-state index contributed by atoms with van der Waals surface area (Å²) in [5.41, 5.74) is 0.546. The van der Waals surface area contributed by atoms with Crippen LogP contribution in [0.5, 0.6) is 0 Å². The first-order valence-corrected chi connectivity index (χ1v) is 14.7. The van der Waals surface area contributed by atoms with Crippen molar-refractivity contribution in [3.05, 3.63) is 54.6 Å². The van der Waals surface area contributed by atoms with E-state index in [-0.39, 0.29) is 41.6 Å². The van der Waals surface area contributed by atoms with Gasteiger partial charge in [-0.15, -0.1) is 24.9 Å². The largest absolute Gasteiger partial charge is 0.465 e. The van der Waals surface area contributed by atoms with Crippen molar-refractivity contribution in [2.24, 2.45) is 11.8 Å². The number of halogens is 2. The van der Waals surface area contributed by atoms with E-state index < -0.39 is 28.6 Å². The average Bonchev–Trinajstić information content (AvgIpc) is 3.46. The predicted octanol–water partition coefficient (Wildman–Crippen LogP) is 4.22. The van der Waals surface area contributed by atoms with Crippen LogP contribution in [0.15, 0.2) is 49.6 Å². The second-order valence-corrected chi connectivity index (χ2v) is 12.7. The first-order chi connectivity index (χ1) is 17.8. The van der Waals surface area contributed by atoms with Crippen LogP contribution in [0.4, 0.5) is 5.69 Å². The Labute approximate surface area is 235 Å². The van der Waals surface area contributed by atoms with Crippen LogP contribution < -0.4 is 4.90 Å². The van der Waals surface area contributed by atoms with Crippen LogP contribution in [0.25, 0.3) is 0 Å². The molecule has 4 rings (SSSR count). The van der Waals surface area contributed by atoms with Gasteiger partial charge in [0.2, 0.25) is 5.91 Å². The molecule has 200 valence electrons. The summed E-state index contributed by atoms with van der Waals surface area (Å²) in [6.07, 6.45) is 5.47. The van der Waals surface area contributed by atoms with Gasteiger partial charge in [0.05, 0.1) is 33.9 Å². The fourth-order valence-corrected chi connectivity index (χ4v) is 9.74. The maximum absolute atomic E-state index is 14.4. The Morgan fingerprint density at radius 1 is 1.30 bits per heavy atom. The van der Waals surface area contributed by atoms with E-state index in [0.717, 1.165) is 0 Å². The summed E-state index contributed by atoms with van der Waals surface area (Å²) in [6, 6.07) is 6.31. The van der Waals surface area contributed by atoms with Gasteiger partial charge in [-0.1, -0.05) is 51.8 Å². The van der Waals surface area contributed by atoms with E-state index in [9.17, 15) is 19.5 Å². The number of para-hydroxylation sites is 1. The van der Waals surface area contributed by atoms with Crippen molar-refractivity contribution in [1.82, 2.24) is 4.90 Å². The molecular formula is C27H32BrClN2O5S. The number of hydrogen-bond donors (Lipinski definition) is 1. The Balaban J connectivity index is 1.75.